The first-order valence-electron chi connectivity index (χ1n) is 7.61. The summed E-state index contributed by atoms with van der Waals surface area (Å²) in [7, 11) is 0. The molecule has 1 fully saturated rings. The summed E-state index contributed by atoms with van der Waals surface area (Å²) in [6.07, 6.45) is 9.46. The number of aromatic nitrogens is 2. The van der Waals surface area contributed by atoms with Gasteiger partial charge < -0.3 is 0 Å². The lowest BCUT2D eigenvalue weighted by atomic mass is 9.80. The number of hydrogen-bond acceptors (Lipinski definition) is 3. The van der Waals surface area contributed by atoms with Crippen LogP contribution in [0.2, 0.25) is 0 Å². The molecule has 1 saturated carbocycles. The smallest absolute Gasteiger partial charge is 0.143 e. The second-order valence-electron chi connectivity index (χ2n) is 5.39. The van der Waals surface area contributed by atoms with E-state index in [0.29, 0.717) is 5.92 Å². The quantitative estimate of drug-likeness (QED) is 0.753. The largest absolute Gasteiger partial charge is 0.224 e. The Balaban J connectivity index is 1.89. The summed E-state index contributed by atoms with van der Waals surface area (Å²) in [5, 5.41) is 1.27. The first kappa shape index (κ1) is 14.5. The molecule has 19 heavy (non-hydrogen) atoms. The van der Waals surface area contributed by atoms with Crippen molar-refractivity contribution in [3.63, 3.8) is 0 Å². The van der Waals surface area contributed by atoms with Crippen molar-refractivity contribution in [2.24, 2.45) is 5.92 Å². The average molecular weight is 276 g/mol. The summed E-state index contributed by atoms with van der Waals surface area (Å²) in [4.78, 5) is 4.74. The molecule has 2 unspecified atom stereocenters. The van der Waals surface area contributed by atoms with E-state index in [0.717, 1.165) is 31.0 Å². The van der Waals surface area contributed by atoms with Crippen molar-refractivity contribution in [2.75, 3.05) is 0 Å². The van der Waals surface area contributed by atoms with Gasteiger partial charge in [-0.2, -0.15) is 4.37 Å². The Morgan fingerprint density at radius 2 is 2.16 bits per heavy atom. The summed E-state index contributed by atoms with van der Waals surface area (Å²) in [6.45, 7) is 4.39. The summed E-state index contributed by atoms with van der Waals surface area (Å²) in [6, 6.07) is 0. The maximum absolute atomic E-state index is 4.74. The highest BCUT2D eigenvalue weighted by Crippen LogP contribution is 2.37. The Bertz CT molecular complexity index is 441. The molecule has 1 heterocycles. The molecule has 0 aromatic carbocycles. The van der Waals surface area contributed by atoms with Crippen molar-refractivity contribution in [1.82, 2.24) is 9.36 Å². The van der Waals surface area contributed by atoms with Gasteiger partial charge in [-0.25, -0.2) is 4.98 Å². The molecule has 0 N–H and O–H groups in total. The monoisotopic (exact) mass is 276 g/mol. The fourth-order valence-electron chi connectivity index (χ4n) is 2.81. The minimum absolute atomic E-state index is 0.673. The first-order valence-corrected chi connectivity index (χ1v) is 8.39. The molecule has 1 aromatic heterocycles. The van der Waals surface area contributed by atoms with Gasteiger partial charge in [0.1, 0.15) is 10.8 Å². The molecule has 0 bridgehead atoms. The van der Waals surface area contributed by atoms with E-state index in [9.17, 15) is 0 Å². The molecule has 0 amide bonds. The van der Waals surface area contributed by atoms with Crippen molar-refractivity contribution in [3.05, 3.63) is 10.8 Å². The third-order valence-corrected chi connectivity index (χ3v) is 4.88. The van der Waals surface area contributed by atoms with Crippen LogP contribution in [0.5, 0.6) is 0 Å². The SMILES string of the molecule is CCC#CCCc1nsc(C2CCCC(CC)C2)n1. The van der Waals surface area contributed by atoms with Crippen LogP contribution in [0.4, 0.5) is 0 Å². The van der Waals surface area contributed by atoms with Crippen LogP contribution in [0, 0.1) is 17.8 Å². The van der Waals surface area contributed by atoms with Gasteiger partial charge in [-0.1, -0.05) is 33.1 Å². The highest BCUT2D eigenvalue weighted by Gasteiger charge is 2.24. The van der Waals surface area contributed by atoms with Crippen molar-refractivity contribution >= 4 is 11.5 Å². The van der Waals surface area contributed by atoms with Gasteiger partial charge in [0.2, 0.25) is 0 Å². The van der Waals surface area contributed by atoms with E-state index in [2.05, 4.69) is 30.1 Å². The Kier molecular flexibility index (Phi) is 5.85. The molecule has 1 aliphatic carbocycles. The van der Waals surface area contributed by atoms with E-state index >= 15 is 0 Å². The van der Waals surface area contributed by atoms with Crippen LogP contribution in [0.25, 0.3) is 0 Å². The molecule has 2 rings (SSSR count). The van der Waals surface area contributed by atoms with E-state index in [4.69, 9.17) is 4.98 Å². The third-order valence-electron chi connectivity index (χ3n) is 3.97. The van der Waals surface area contributed by atoms with Crippen molar-refractivity contribution < 1.29 is 0 Å². The van der Waals surface area contributed by atoms with E-state index in [1.54, 1.807) is 11.5 Å². The fraction of sp³-hybridized carbons (Fsp3) is 0.750. The van der Waals surface area contributed by atoms with Crippen LogP contribution < -0.4 is 0 Å². The molecule has 2 atom stereocenters. The van der Waals surface area contributed by atoms with Crippen LogP contribution in [0.1, 0.15) is 75.5 Å². The van der Waals surface area contributed by atoms with Gasteiger partial charge in [0, 0.05) is 25.2 Å². The van der Waals surface area contributed by atoms with E-state index in [-0.39, 0.29) is 0 Å². The predicted octanol–water partition coefficient (Wildman–Crippen LogP) is 4.57. The lowest BCUT2D eigenvalue weighted by Gasteiger charge is -2.26. The van der Waals surface area contributed by atoms with Crippen molar-refractivity contribution in [2.45, 2.75) is 71.1 Å². The Hall–Kier alpha value is -0.880. The molecule has 0 spiro atoms. The normalized spacial score (nSPS) is 22.8. The summed E-state index contributed by atoms with van der Waals surface area (Å²) in [5.41, 5.74) is 0. The zero-order valence-electron chi connectivity index (χ0n) is 12.1. The third kappa shape index (κ3) is 4.31. The number of nitrogens with zero attached hydrogens (tertiary/aromatic N) is 2. The maximum Gasteiger partial charge on any atom is 0.143 e. The van der Waals surface area contributed by atoms with Crippen LogP contribution in [0.3, 0.4) is 0 Å². The zero-order valence-corrected chi connectivity index (χ0v) is 12.9. The van der Waals surface area contributed by atoms with E-state index < -0.39 is 0 Å². The predicted molar refractivity (Wildman–Crippen MR) is 81.3 cm³/mol. The minimum Gasteiger partial charge on any atom is -0.224 e. The zero-order chi connectivity index (χ0) is 13.5. The van der Waals surface area contributed by atoms with Crippen LogP contribution >= 0.6 is 11.5 Å². The van der Waals surface area contributed by atoms with Gasteiger partial charge in [-0.15, -0.1) is 11.8 Å². The molecule has 104 valence electrons. The number of hydrogen-bond donors (Lipinski definition) is 0. The lowest BCUT2D eigenvalue weighted by molar-refractivity contribution is 0.314. The molecule has 0 saturated heterocycles. The molecule has 0 aliphatic heterocycles. The van der Waals surface area contributed by atoms with Crippen LogP contribution in [0.15, 0.2) is 0 Å². The standard InChI is InChI=1S/C16H24N2S/c1-3-5-6-7-11-15-17-16(19-18-15)14-10-8-9-13(4-2)12-14/h13-14H,3-4,7-12H2,1-2H3. The maximum atomic E-state index is 4.74. The highest BCUT2D eigenvalue weighted by molar-refractivity contribution is 7.05. The molecular formula is C16H24N2S. The van der Waals surface area contributed by atoms with E-state index in [1.807, 2.05) is 0 Å². The van der Waals surface area contributed by atoms with Crippen LogP contribution in [-0.2, 0) is 6.42 Å². The topological polar surface area (TPSA) is 25.8 Å². The Morgan fingerprint density at radius 1 is 1.26 bits per heavy atom. The first-order chi connectivity index (χ1) is 9.33. The van der Waals surface area contributed by atoms with Gasteiger partial charge in [0.25, 0.3) is 0 Å². The van der Waals surface area contributed by atoms with Crippen LogP contribution in [-0.4, -0.2) is 9.36 Å². The van der Waals surface area contributed by atoms with Crippen molar-refractivity contribution in [3.8, 4) is 11.8 Å². The average Bonchev–Trinajstić information content (AvgIpc) is 2.92. The van der Waals surface area contributed by atoms with Gasteiger partial charge >= 0.3 is 0 Å². The van der Waals surface area contributed by atoms with Gasteiger partial charge in [0.15, 0.2) is 0 Å². The molecule has 2 nitrogen and oxygen atoms in total. The lowest BCUT2D eigenvalue weighted by Crippen LogP contribution is -2.13. The fourth-order valence-corrected chi connectivity index (χ4v) is 3.65. The number of rotatable bonds is 4. The highest BCUT2D eigenvalue weighted by atomic mass is 32.1. The summed E-state index contributed by atoms with van der Waals surface area (Å²) < 4.78 is 4.50. The molecule has 1 aromatic rings. The second kappa shape index (κ2) is 7.65. The Labute approximate surface area is 121 Å². The summed E-state index contributed by atoms with van der Waals surface area (Å²) in [5.74, 6) is 8.84. The van der Waals surface area contributed by atoms with Gasteiger partial charge in [0.05, 0.1) is 0 Å². The Morgan fingerprint density at radius 3 is 2.95 bits per heavy atom. The second-order valence-corrected chi connectivity index (χ2v) is 6.18. The molecular weight excluding hydrogens is 252 g/mol. The minimum atomic E-state index is 0.673. The molecule has 1 aliphatic rings. The summed E-state index contributed by atoms with van der Waals surface area (Å²) >= 11 is 1.62. The van der Waals surface area contributed by atoms with E-state index in [1.165, 1.54) is 37.1 Å². The molecule has 0 radical (unpaired) electrons. The van der Waals surface area contributed by atoms with Gasteiger partial charge in [-0.05, 0) is 30.3 Å². The van der Waals surface area contributed by atoms with Gasteiger partial charge in [-0.3, -0.25) is 0 Å². The number of aryl methyl sites for hydroxylation is 1. The van der Waals surface area contributed by atoms with Crippen molar-refractivity contribution in [1.29, 1.82) is 0 Å². The molecule has 3 heteroatoms.